The molecule has 1 N–H and O–H groups in total. The number of piperidine rings is 1. The Kier molecular flexibility index (Phi) is 4.36. The van der Waals surface area contributed by atoms with Crippen LogP contribution in [-0.4, -0.2) is 29.0 Å². The maximum absolute atomic E-state index is 12.7. The van der Waals surface area contributed by atoms with Crippen LogP contribution in [0.4, 0.5) is 10.9 Å². The summed E-state index contributed by atoms with van der Waals surface area (Å²) in [5.74, 6) is 0.666. The molecule has 0 bridgehead atoms. The van der Waals surface area contributed by atoms with Crippen molar-refractivity contribution in [2.75, 3.05) is 23.3 Å². The number of para-hydroxylation sites is 1. The van der Waals surface area contributed by atoms with E-state index >= 15 is 0 Å². The number of hydrogen-bond acceptors (Lipinski definition) is 5. The number of thiazole rings is 1. The number of aromatic nitrogens is 2. The number of pyridine rings is 1. The normalized spacial score (nSPS) is 17.6. The van der Waals surface area contributed by atoms with Gasteiger partial charge >= 0.3 is 0 Å². The SMILES string of the molecule is Cc1cccnc1NC(=O)C1CCCN(c2nc3ccccc3s2)C1. The second-order valence-electron chi connectivity index (χ2n) is 6.41. The zero-order chi connectivity index (χ0) is 17.2. The molecule has 0 aliphatic carbocycles. The highest BCUT2D eigenvalue weighted by molar-refractivity contribution is 7.22. The molecule has 6 heteroatoms. The number of carbonyl (C=O) groups is 1. The van der Waals surface area contributed by atoms with Gasteiger partial charge in [-0.3, -0.25) is 4.79 Å². The van der Waals surface area contributed by atoms with Gasteiger partial charge in [0.2, 0.25) is 5.91 Å². The van der Waals surface area contributed by atoms with Gasteiger partial charge in [0, 0.05) is 19.3 Å². The Morgan fingerprint density at radius 3 is 3.00 bits per heavy atom. The number of nitrogens with one attached hydrogen (secondary N) is 1. The van der Waals surface area contributed by atoms with E-state index in [1.807, 2.05) is 37.3 Å². The van der Waals surface area contributed by atoms with Crippen molar-refractivity contribution in [2.45, 2.75) is 19.8 Å². The molecular formula is C19H20N4OS. The number of nitrogens with zero attached hydrogens (tertiary/aromatic N) is 3. The van der Waals surface area contributed by atoms with E-state index in [0.717, 1.165) is 35.6 Å². The molecular weight excluding hydrogens is 332 g/mol. The number of anilines is 2. The van der Waals surface area contributed by atoms with Crippen molar-refractivity contribution in [3.05, 3.63) is 48.2 Å². The Morgan fingerprint density at radius 1 is 1.28 bits per heavy atom. The predicted molar refractivity (Wildman–Crippen MR) is 102 cm³/mol. The maximum Gasteiger partial charge on any atom is 0.230 e. The minimum Gasteiger partial charge on any atom is -0.347 e. The molecule has 0 saturated carbocycles. The molecule has 1 fully saturated rings. The highest BCUT2D eigenvalue weighted by Gasteiger charge is 2.27. The predicted octanol–water partition coefficient (Wildman–Crippen LogP) is 3.85. The van der Waals surface area contributed by atoms with Gasteiger partial charge in [0.25, 0.3) is 0 Å². The van der Waals surface area contributed by atoms with E-state index in [1.165, 1.54) is 4.70 Å². The summed E-state index contributed by atoms with van der Waals surface area (Å²) in [4.78, 5) is 23.9. The van der Waals surface area contributed by atoms with Gasteiger partial charge in [-0.1, -0.05) is 29.5 Å². The highest BCUT2D eigenvalue weighted by atomic mass is 32.1. The molecule has 1 aliphatic heterocycles. The number of benzene rings is 1. The summed E-state index contributed by atoms with van der Waals surface area (Å²) in [6.07, 6.45) is 3.60. The van der Waals surface area contributed by atoms with Crippen LogP contribution in [0.1, 0.15) is 18.4 Å². The smallest absolute Gasteiger partial charge is 0.230 e. The van der Waals surface area contributed by atoms with Gasteiger partial charge in [0.15, 0.2) is 5.13 Å². The quantitative estimate of drug-likeness (QED) is 0.778. The monoisotopic (exact) mass is 352 g/mol. The lowest BCUT2D eigenvalue weighted by Crippen LogP contribution is -2.40. The summed E-state index contributed by atoms with van der Waals surface area (Å²) < 4.78 is 1.19. The lowest BCUT2D eigenvalue weighted by atomic mass is 9.97. The molecule has 3 aromatic rings. The van der Waals surface area contributed by atoms with Crippen molar-refractivity contribution in [1.82, 2.24) is 9.97 Å². The standard InChI is InChI=1S/C19H20N4OS/c1-13-6-4-10-20-17(13)22-18(24)14-7-5-11-23(12-14)19-21-15-8-2-3-9-16(15)25-19/h2-4,6,8-10,14H,5,7,11-12H2,1H3,(H,20,22,24). The molecule has 3 heterocycles. The van der Waals surface area contributed by atoms with Crippen LogP contribution in [0.25, 0.3) is 10.2 Å². The summed E-state index contributed by atoms with van der Waals surface area (Å²) in [6.45, 7) is 3.61. The minimum absolute atomic E-state index is 0.0397. The van der Waals surface area contributed by atoms with Crippen molar-refractivity contribution in [3.8, 4) is 0 Å². The lowest BCUT2D eigenvalue weighted by Gasteiger charge is -2.31. The molecule has 128 valence electrons. The van der Waals surface area contributed by atoms with E-state index in [2.05, 4.69) is 21.3 Å². The van der Waals surface area contributed by atoms with Crippen LogP contribution in [0.5, 0.6) is 0 Å². The number of rotatable bonds is 3. The summed E-state index contributed by atoms with van der Waals surface area (Å²) in [5, 5.41) is 3.99. The van der Waals surface area contributed by atoms with Gasteiger partial charge in [-0.05, 0) is 43.5 Å². The minimum atomic E-state index is -0.0397. The molecule has 5 nitrogen and oxygen atoms in total. The first-order chi connectivity index (χ1) is 12.2. The second-order valence-corrected chi connectivity index (χ2v) is 7.42. The largest absolute Gasteiger partial charge is 0.347 e. The molecule has 1 atom stereocenters. The van der Waals surface area contributed by atoms with E-state index < -0.39 is 0 Å². The Hall–Kier alpha value is -2.47. The summed E-state index contributed by atoms with van der Waals surface area (Å²) in [6, 6.07) is 12.0. The van der Waals surface area contributed by atoms with E-state index in [9.17, 15) is 4.79 Å². The zero-order valence-corrected chi connectivity index (χ0v) is 14.9. The fraction of sp³-hybridized carbons (Fsp3) is 0.316. The van der Waals surface area contributed by atoms with Crippen molar-refractivity contribution in [2.24, 2.45) is 5.92 Å². The average molecular weight is 352 g/mol. The lowest BCUT2D eigenvalue weighted by molar-refractivity contribution is -0.120. The molecule has 1 amide bonds. The van der Waals surface area contributed by atoms with E-state index in [1.54, 1.807) is 17.5 Å². The van der Waals surface area contributed by atoms with Crippen molar-refractivity contribution < 1.29 is 4.79 Å². The summed E-state index contributed by atoms with van der Waals surface area (Å²) >= 11 is 1.69. The maximum atomic E-state index is 12.7. The Labute approximate surface area is 150 Å². The van der Waals surface area contributed by atoms with Crippen LogP contribution >= 0.6 is 11.3 Å². The van der Waals surface area contributed by atoms with Crippen LogP contribution in [-0.2, 0) is 4.79 Å². The first-order valence-electron chi connectivity index (χ1n) is 8.54. The number of amides is 1. The van der Waals surface area contributed by atoms with Crippen LogP contribution in [0.3, 0.4) is 0 Å². The van der Waals surface area contributed by atoms with Crippen molar-refractivity contribution in [1.29, 1.82) is 0 Å². The Morgan fingerprint density at radius 2 is 2.16 bits per heavy atom. The van der Waals surface area contributed by atoms with Crippen molar-refractivity contribution in [3.63, 3.8) is 0 Å². The highest BCUT2D eigenvalue weighted by Crippen LogP contribution is 2.31. The number of carbonyl (C=O) groups excluding carboxylic acids is 1. The molecule has 4 rings (SSSR count). The topological polar surface area (TPSA) is 58.1 Å². The molecule has 0 radical (unpaired) electrons. The van der Waals surface area contributed by atoms with E-state index in [4.69, 9.17) is 4.98 Å². The third kappa shape index (κ3) is 3.35. The molecule has 1 saturated heterocycles. The van der Waals surface area contributed by atoms with Gasteiger partial charge in [0.1, 0.15) is 5.82 Å². The summed E-state index contributed by atoms with van der Waals surface area (Å²) in [5.41, 5.74) is 2.01. The van der Waals surface area contributed by atoms with Crippen LogP contribution < -0.4 is 10.2 Å². The number of aryl methyl sites for hydroxylation is 1. The second kappa shape index (κ2) is 6.80. The molecule has 25 heavy (non-hydrogen) atoms. The number of fused-ring (bicyclic) bond motifs is 1. The number of hydrogen-bond donors (Lipinski definition) is 1. The molecule has 1 aromatic carbocycles. The Bertz CT molecular complexity index is 874. The zero-order valence-electron chi connectivity index (χ0n) is 14.1. The van der Waals surface area contributed by atoms with Gasteiger partial charge in [0.05, 0.1) is 16.1 Å². The molecule has 1 aliphatic rings. The fourth-order valence-electron chi connectivity index (χ4n) is 3.20. The molecule has 0 spiro atoms. The van der Waals surface area contributed by atoms with E-state index in [0.29, 0.717) is 12.4 Å². The summed E-state index contributed by atoms with van der Waals surface area (Å²) in [7, 11) is 0. The third-order valence-electron chi connectivity index (χ3n) is 4.60. The van der Waals surface area contributed by atoms with Gasteiger partial charge in [-0.15, -0.1) is 0 Å². The molecule has 2 aromatic heterocycles. The third-order valence-corrected chi connectivity index (χ3v) is 5.69. The van der Waals surface area contributed by atoms with E-state index in [-0.39, 0.29) is 11.8 Å². The van der Waals surface area contributed by atoms with Crippen LogP contribution in [0, 0.1) is 12.8 Å². The van der Waals surface area contributed by atoms with Crippen LogP contribution in [0.15, 0.2) is 42.6 Å². The van der Waals surface area contributed by atoms with Gasteiger partial charge in [-0.25, -0.2) is 9.97 Å². The van der Waals surface area contributed by atoms with Crippen molar-refractivity contribution >= 4 is 38.4 Å². The Balaban J connectivity index is 1.48. The first-order valence-corrected chi connectivity index (χ1v) is 9.35. The van der Waals surface area contributed by atoms with Gasteiger partial charge in [-0.2, -0.15) is 0 Å². The first kappa shape index (κ1) is 16.0. The fourth-order valence-corrected chi connectivity index (χ4v) is 4.20. The molecule has 1 unspecified atom stereocenters. The van der Waals surface area contributed by atoms with Gasteiger partial charge < -0.3 is 10.2 Å². The average Bonchev–Trinajstić information content (AvgIpc) is 3.08. The van der Waals surface area contributed by atoms with Crippen LogP contribution in [0.2, 0.25) is 0 Å².